The van der Waals surface area contributed by atoms with Crippen molar-refractivity contribution < 1.29 is 4.74 Å². The molecule has 3 heteroatoms. The predicted molar refractivity (Wildman–Crippen MR) is 63.8 cm³/mol. The molecule has 0 atom stereocenters. The molecule has 1 heterocycles. The van der Waals surface area contributed by atoms with E-state index in [-0.39, 0.29) is 0 Å². The van der Waals surface area contributed by atoms with Gasteiger partial charge in [0.25, 0.3) is 0 Å². The van der Waals surface area contributed by atoms with Crippen LogP contribution in [-0.2, 0) is 4.74 Å². The first-order valence-corrected chi connectivity index (χ1v) is 5.42. The zero-order valence-corrected chi connectivity index (χ0v) is 9.42. The lowest BCUT2D eigenvalue weighted by molar-refractivity contribution is 0.122. The predicted octanol–water partition coefficient (Wildman–Crippen LogP) is 1.87. The first-order chi connectivity index (χ1) is 7.31. The van der Waals surface area contributed by atoms with Crippen molar-refractivity contribution >= 4 is 11.4 Å². The average Bonchev–Trinajstić information content (AvgIpc) is 2.30. The highest BCUT2D eigenvalue weighted by molar-refractivity contribution is 5.60. The zero-order valence-electron chi connectivity index (χ0n) is 9.42. The lowest BCUT2D eigenvalue weighted by Gasteiger charge is -2.30. The van der Waals surface area contributed by atoms with Gasteiger partial charge in [0.2, 0.25) is 0 Å². The Kier molecular flexibility index (Phi) is 3.11. The van der Waals surface area contributed by atoms with Crippen molar-refractivity contribution in [2.75, 3.05) is 43.6 Å². The summed E-state index contributed by atoms with van der Waals surface area (Å²) in [6.45, 7) is 5.84. The van der Waals surface area contributed by atoms with E-state index in [4.69, 9.17) is 4.74 Å². The van der Waals surface area contributed by atoms with Crippen molar-refractivity contribution in [3.05, 3.63) is 23.8 Å². The van der Waals surface area contributed by atoms with Crippen LogP contribution < -0.4 is 10.2 Å². The summed E-state index contributed by atoms with van der Waals surface area (Å²) in [5.41, 5.74) is 3.82. The Hall–Kier alpha value is -1.22. The fourth-order valence-electron chi connectivity index (χ4n) is 1.97. The van der Waals surface area contributed by atoms with Gasteiger partial charge in [-0.2, -0.15) is 0 Å². The van der Waals surface area contributed by atoms with Crippen LogP contribution in [0, 0.1) is 6.92 Å². The smallest absolute Gasteiger partial charge is 0.0642 e. The topological polar surface area (TPSA) is 24.5 Å². The first-order valence-electron chi connectivity index (χ1n) is 5.42. The van der Waals surface area contributed by atoms with Crippen LogP contribution >= 0.6 is 0 Å². The molecule has 1 aromatic rings. The lowest BCUT2D eigenvalue weighted by atomic mass is 10.1. The van der Waals surface area contributed by atoms with E-state index in [0.29, 0.717) is 0 Å². The molecule has 0 amide bonds. The van der Waals surface area contributed by atoms with Gasteiger partial charge in [-0.05, 0) is 30.7 Å². The molecule has 15 heavy (non-hydrogen) atoms. The van der Waals surface area contributed by atoms with Crippen LogP contribution in [0.15, 0.2) is 18.2 Å². The zero-order chi connectivity index (χ0) is 10.7. The number of nitrogens with zero attached hydrogens (tertiary/aromatic N) is 1. The normalized spacial score (nSPS) is 16.5. The van der Waals surface area contributed by atoms with Gasteiger partial charge in [0.05, 0.1) is 13.2 Å². The second kappa shape index (κ2) is 4.53. The Balaban J connectivity index is 2.19. The molecule has 1 saturated heterocycles. The second-order valence-electron chi connectivity index (χ2n) is 3.85. The Morgan fingerprint density at radius 1 is 1.27 bits per heavy atom. The van der Waals surface area contributed by atoms with Gasteiger partial charge in [-0.1, -0.05) is 0 Å². The molecule has 3 nitrogen and oxygen atoms in total. The minimum atomic E-state index is 0.840. The Morgan fingerprint density at radius 3 is 2.60 bits per heavy atom. The van der Waals surface area contributed by atoms with Gasteiger partial charge in [-0.3, -0.25) is 0 Å². The Labute approximate surface area is 91.0 Å². The van der Waals surface area contributed by atoms with Gasteiger partial charge < -0.3 is 15.0 Å². The molecule has 1 aliphatic rings. The number of nitrogens with one attached hydrogen (secondary N) is 1. The average molecular weight is 206 g/mol. The van der Waals surface area contributed by atoms with Gasteiger partial charge in [0, 0.05) is 31.5 Å². The fourth-order valence-corrected chi connectivity index (χ4v) is 1.97. The molecule has 1 N–H and O–H groups in total. The minimum absolute atomic E-state index is 0.840. The van der Waals surface area contributed by atoms with Crippen molar-refractivity contribution in [2.45, 2.75) is 6.92 Å². The van der Waals surface area contributed by atoms with E-state index in [0.717, 1.165) is 26.3 Å². The first kappa shape index (κ1) is 10.3. The van der Waals surface area contributed by atoms with Crippen molar-refractivity contribution in [1.29, 1.82) is 0 Å². The van der Waals surface area contributed by atoms with Crippen LogP contribution in [0.3, 0.4) is 0 Å². The van der Waals surface area contributed by atoms with Crippen molar-refractivity contribution in [1.82, 2.24) is 0 Å². The summed E-state index contributed by atoms with van der Waals surface area (Å²) < 4.78 is 5.35. The third-order valence-corrected chi connectivity index (χ3v) is 2.84. The van der Waals surface area contributed by atoms with Gasteiger partial charge in [0.15, 0.2) is 0 Å². The molecule has 0 aromatic heterocycles. The highest BCUT2D eigenvalue weighted by Crippen LogP contribution is 2.23. The van der Waals surface area contributed by atoms with E-state index >= 15 is 0 Å². The maximum atomic E-state index is 5.35. The van der Waals surface area contributed by atoms with Crippen molar-refractivity contribution in [3.63, 3.8) is 0 Å². The van der Waals surface area contributed by atoms with E-state index in [1.165, 1.54) is 16.9 Å². The molecule has 2 rings (SSSR count). The van der Waals surface area contributed by atoms with Gasteiger partial charge in [-0.25, -0.2) is 0 Å². The molecule has 0 radical (unpaired) electrons. The highest BCUT2D eigenvalue weighted by Gasteiger charge is 2.12. The molecule has 1 aromatic carbocycles. The highest BCUT2D eigenvalue weighted by atomic mass is 16.5. The number of ether oxygens (including phenoxy) is 1. The molecule has 82 valence electrons. The number of aryl methyl sites for hydroxylation is 1. The molecular formula is C12H18N2O. The largest absolute Gasteiger partial charge is 0.388 e. The summed E-state index contributed by atoms with van der Waals surface area (Å²) in [6.07, 6.45) is 0. The number of hydrogen-bond donors (Lipinski definition) is 1. The molecular weight excluding hydrogens is 188 g/mol. The summed E-state index contributed by atoms with van der Waals surface area (Å²) in [5, 5.41) is 3.15. The quantitative estimate of drug-likeness (QED) is 0.799. The SMILES string of the molecule is CNc1ccc(N2CCOCC2)c(C)c1. The standard InChI is InChI=1S/C12H18N2O/c1-10-9-11(13-2)3-4-12(10)14-5-7-15-8-6-14/h3-4,9,13H,5-8H2,1-2H3. The maximum absolute atomic E-state index is 5.35. The second-order valence-corrected chi connectivity index (χ2v) is 3.85. The van der Waals surface area contributed by atoms with E-state index < -0.39 is 0 Å². The van der Waals surface area contributed by atoms with Crippen LogP contribution in [-0.4, -0.2) is 33.4 Å². The number of rotatable bonds is 2. The molecule has 0 saturated carbocycles. The lowest BCUT2D eigenvalue weighted by Crippen LogP contribution is -2.36. The van der Waals surface area contributed by atoms with E-state index in [1.807, 2.05) is 7.05 Å². The molecule has 0 unspecified atom stereocenters. The van der Waals surface area contributed by atoms with Gasteiger partial charge in [0.1, 0.15) is 0 Å². The summed E-state index contributed by atoms with van der Waals surface area (Å²) in [4.78, 5) is 2.39. The van der Waals surface area contributed by atoms with Crippen LogP contribution in [0.2, 0.25) is 0 Å². The molecule has 0 bridgehead atoms. The minimum Gasteiger partial charge on any atom is -0.388 e. The monoisotopic (exact) mass is 206 g/mol. The molecule has 0 aliphatic carbocycles. The number of hydrogen-bond acceptors (Lipinski definition) is 3. The molecule has 1 aliphatic heterocycles. The molecule has 1 fully saturated rings. The van der Waals surface area contributed by atoms with Crippen LogP contribution in [0.1, 0.15) is 5.56 Å². The Bertz CT molecular complexity index is 332. The van der Waals surface area contributed by atoms with Crippen LogP contribution in [0.4, 0.5) is 11.4 Å². The van der Waals surface area contributed by atoms with Crippen LogP contribution in [0.5, 0.6) is 0 Å². The third-order valence-electron chi connectivity index (χ3n) is 2.84. The summed E-state index contributed by atoms with van der Waals surface area (Å²) >= 11 is 0. The number of benzene rings is 1. The summed E-state index contributed by atoms with van der Waals surface area (Å²) in [5.74, 6) is 0. The van der Waals surface area contributed by atoms with E-state index in [1.54, 1.807) is 0 Å². The fraction of sp³-hybridized carbons (Fsp3) is 0.500. The van der Waals surface area contributed by atoms with E-state index in [9.17, 15) is 0 Å². The summed E-state index contributed by atoms with van der Waals surface area (Å²) in [6, 6.07) is 6.50. The number of anilines is 2. The van der Waals surface area contributed by atoms with Crippen molar-refractivity contribution in [3.8, 4) is 0 Å². The van der Waals surface area contributed by atoms with Crippen molar-refractivity contribution in [2.24, 2.45) is 0 Å². The number of morpholine rings is 1. The van der Waals surface area contributed by atoms with E-state index in [2.05, 4.69) is 35.3 Å². The van der Waals surface area contributed by atoms with Gasteiger partial charge in [-0.15, -0.1) is 0 Å². The molecule has 0 spiro atoms. The third kappa shape index (κ3) is 2.23. The van der Waals surface area contributed by atoms with Gasteiger partial charge >= 0.3 is 0 Å². The Morgan fingerprint density at radius 2 is 2.00 bits per heavy atom. The summed E-state index contributed by atoms with van der Waals surface area (Å²) in [7, 11) is 1.95. The van der Waals surface area contributed by atoms with Crippen LogP contribution in [0.25, 0.3) is 0 Å². The maximum Gasteiger partial charge on any atom is 0.0642 e.